The van der Waals surface area contributed by atoms with Crippen molar-refractivity contribution in [1.29, 1.82) is 0 Å². The zero-order valence-corrected chi connectivity index (χ0v) is 39.4. The molecule has 2 aliphatic rings. The first-order valence-electron chi connectivity index (χ1n) is 22.3. The van der Waals surface area contributed by atoms with Crippen molar-refractivity contribution in [3.63, 3.8) is 0 Å². The lowest BCUT2D eigenvalue weighted by Gasteiger charge is -2.30. The molecule has 0 saturated carbocycles. The molecule has 2 heterocycles. The second kappa shape index (κ2) is 27.5. The molecule has 2 aromatic rings. The summed E-state index contributed by atoms with van der Waals surface area (Å²) >= 11 is 0. The van der Waals surface area contributed by atoms with E-state index in [0.29, 0.717) is 36.9 Å². The Hall–Kier alpha value is -6.44. The summed E-state index contributed by atoms with van der Waals surface area (Å²) < 4.78 is 0. The van der Waals surface area contributed by atoms with E-state index in [-0.39, 0.29) is 49.5 Å². The SMILES string of the molecule is NCCCC[C@H](NC(=O)C1CCCN1C(=O)[C@@H]1CSSC[C@H](N)C(=O)N[C@@H](Cc2ccc(O)cc2)C(=O)N[C@@H](Cc2ccccc2)C(=O)N[C@@H](CCC(N)=O)C(=O)N[C@@H](CC(N)=O)C(=O)N1)C(=O)O. The molecule has 0 radical (unpaired) electrons. The van der Waals surface area contributed by atoms with Gasteiger partial charge in [-0.25, -0.2) is 4.79 Å². The number of nitrogens with zero attached hydrogens (tertiary/aromatic N) is 1. The van der Waals surface area contributed by atoms with Crippen LogP contribution in [0, 0.1) is 0 Å². The van der Waals surface area contributed by atoms with Crippen LogP contribution in [0.25, 0.3) is 0 Å². The zero-order chi connectivity index (χ0) is 50.6. The molecule has 69 heavy (non-hydrogen) atoms. The molecule has 25 heteroatoms. The van der Waals surface area contributed by atoms with Gasteiger partial charge >= 0.3 is 5.97 Å². The van der Waals surface area contributed by atoms with Crippen molar-refractivity contribution in [2.24, 2.45) is 22.9 Å². The average Bonchev–Trinajstić information content (AvgIpc) is 3.81. The minimum atomic E-state index is -1.76. The molecule has 0 aliphatic carbocycles. The lowest BCUT2D eigenvalue weighted by molar-refractivity contribution is -0.145. The lowest BCUT2D eigenvalue weighted by atomic mass is 10.0. The first-order valence-corrected chi connectivity index (χ1v) is 24.8. The van der Waals surface area contributed by atoms with Crippen molar-refractivity contribution in [3.8, 4) is 5.75 Å². The maximum Gasteiger partial charge on any atom is 0.326 e. The molecule has 0 aromatic heterocycles. The smallest absolute Gasteiger partial charge is 0.326 e. The van der Waals surface area contributed by atoms with Crippen LogP contribution in [-0.2, 0) is 60.8 Å². The highest BCUT2D eigenvalue weighted by molar-refractivity contribution is 8.76. The number of unbranched alkanes of at least 4 members (excludes halogenated alkanes) is 1. The quantitative estimate of drug-likeness (QED) is 0.0561. The molecule has 2 saturated heterocycles. The van der Waals surface area contributed by atoms with E-state index >= 15 is 0 Å². The predicted molar refractivity (Wildman–Crippen MR) is 254 cm³/mol. The number of carboxylic acids is 1. The fourth-order valence-electron chi connectivity index (χ4n) is 7.48. The van der Waals surface area contributed by atoms with Crippen molar-refractivity contribution in [3.05, 3.63) is 65.7 Å². The number of hydrogen-bond acceptors (Lipinski definition) is 15. The second-order valence-corrected chi connectivity index (χ2v) is 19.1. The third kappa shape index (κ3) is 17.9. The highest BCUT2D eigenvalue weighted by atomic mass is 33.1. The molecule has 0 spiro atoms. The van der Waals surface area contributed by atoms with Gasteiger partial charge in [0.2, 0.25) is 53.2 Å². The fourth-order valence-corrected chi connectivity index (χ4v) is 9.76. The fraction of sp³-hybridized carbons (Fsp3) is 0.500. The van der Waals surface area contributed by atoms with E-state index in [9.17, 15) is 58.2 Å². The lowest BCUT2D eigenvalue weighted by Crippen LogP contribution is -2.61. The number of nitrogens with two attached hydrogens (primary N) is 4. The highest BCUT2D eigenvalue weighted by Crippen LogP contribution is 2.26. The van der Waals surface area contributed by atoms with Crippen LogP contribution in [0.3, 0.4) is 0 Å². The summed E-state index contributed by atoms with van der Waals surface area (Å²) in [5.74, 6) is -9.73. The average molecular weight is 1000 g/mol. The minimum absolute atomic E-state index is 0.0455. The highest BCUT2D eigenvalue weighted by Gasteiger charge is 2.40. The van der Waals surface area contributed by atoms with Crippen LogP contribution in [0.4, 0.5) is 0 Å². The Labute approximate surface area is 405 Å². The summed E-state index contributed by atoms with van der Waals surface area (Å²) in [6, 6.07) is 3.07. The number of nitrogens with one attached hydrogen (secondary N) is 6. The van der Waals surface area contributed by atoms with Gasteiger partial charge in [-0.15, -0.1) is 0 Å². The largest absolute Gasteiger partial charge is 0.508 e. The van der Waals surface area contributed by atoms with Gasteiger partial charge in [0.05, 0.1) is 12.5 Å². The number of phenolic OH excluding ortho intramolecular Hbond substituents is 1. The number of carbonyl (C=O) groups is 10. The first kappa shape index (κ1) is 55.2. The molecular formula is C44H61N11O12S2. The standard InChI is InChI=1S/C44H61N11O12S2/c45-17-5-4-9-29(44(66)67)50-42(64)34-10-6-18-55(34)43(65)33-23-69-68-22-27(46)37(59)51-30(20-25-11-13-26(56)14-12-25)40(62)52-31(19-24-7-2-1-3-8-24)39(61)49-28(15-16-35(47)57)38(60)53-32(21-36(48)58)41(63)54-33/h1-3,7-8,11-14,27-34,56H,4-6,9-10,15-23,45-46H2,(H2,47,57)(H2,48,58)(H,49,61)(H,50,64)(H,51,59)(H,52,62)(H,53,60)(H,54,63)(H,66,67)/t27-,28-,29-,30-,31-,32-,33-,34?/m0/s1. The van der Waals surface area contributed by atoms with Gasteiger partial charge in [0.1, 0.15) is 48.0 Å². The summed E-state index contributed by atoms with van der Waals surface area (Å²) in [5, 5.41) is 35.0. The van der Waals surface area contributed by atoms with Crippen LogP contribution < -0.4 is 54.8 Å². The normalized spacial score (nSPS) is 23.8. The number of carbonyl (C=O) groups excluding carboxylic acids is 9. The van der Waals surface area contributed by atoms with Gasteiger partial charge in [-0.3, -0.25) is 43.2 Å². The van der Waals surface area contributed by atoms with Gasteiger partial charge in [-0.1, -0.05) is 64.1 Å². The molecule has 2 aromatic carbocycles. The van der Waals surface area contributed by atoms with Gasteiger partial charge in [0.25, 0.3) is 0 Å². The number of carboxylic acid groups (broad SMARTS) is 1. The summed E-state index contributed by atoms with van der Waals surface area (Å²) in [6.45, 7) is 0.366. The van der Waals surface area contributed by atoms with E-state index in [1.54, 1.807) is 30.3 Å². The third-order valence-electron chi connectivity index (χ3n) is 11.2. The van der Waals surface area contributed by atoms with E-state index in [2.05, 4.69) is 31.9 Å². The molecule has 2 aliphatic heterocycles. The Morgan fingerprint density at radius 1 is 0.725 bits per heavy atom. The molecule has 1 unspecified atom stereocenters. The Morgan fingerprint density at radius 3 is 1.90 bits per heavy atom. The molecule has 16 N–H and O–H groups in total. The number of phenols is 1. The number of amides is 9. The number of primary amides is 2. The molecule has 4 rings (SSSR count). The van der Waals surface area contributed by atoms with Crippen LogP contribution in [0.1, 0.15) is 62.5 Å². The maximum absolute atomic E-state index is 14.4. The number of likely N-dealkylation sites (tertiary alicyclic amines) is 1. The second-order valence-electron chi connectivity index (χ2n) is 16.6. The predicted octanol–water partition coefficient (Wildman–Crippen LogP) is -2.85. The molecule has 8 atom stereocenters. The number of hydrogen-bond donors (Lipinski definition) is 12. The van der Waals surface area contributed by atoms with E-state index in [1.807, 2.05) is 0 Å². The number of rotatable bonds is 17. The Morgan fingerprint density at radius 2 is 1.29 bits per heavy atom. The van der Waals surface area contributed by atoms with Crippen molar-refractivity contribution in [2.45, 2.75) is 113 Å². The van der Waals surface area contributed by atoms with Crippen LogP contribution in [0.5, 0.6) is 5.75 Å². The van der Waals surface area contributed by atoms with Gasteiger partial charge < -0.3 is 69.9 Å². The van der Waals surface area contributed by atoms with E-state index in [0.717, 1.165) is 21.6 Å². The summed E-state index contributed by atoms with van der Waals surface area (Å²) in [4.78, 5) is 136. The molecular weight excluding hydrogens is 939 g/mol. The molecule has 9 amide bonds. The molecule has 2 fully saturated rings. The maximum atomic E-state index is 14.4. The van der Waals surface area contributed by atoms with Gasteiger partial charge in [-0.2, -0.15) is 0 Å². The van der Waals surface area contributed by atoms with Crippen molar-refractivity contribution in [2.75, 3.05) is 24.6 Å². The van der Waals surface area contributed by atoms with Gasteiger partial charge in [0, 0.05) is 37.3 Å². The van der Waals surface area contributed by atoms with Crippen molar-refractivity contribution in [1.82, 2.24) is 36.8 Å². The summed E-state index contributed by atoms with van der Waals surface area (Å²) in [5.41, 5.74) is 23.9. The Kier molecular flexibility index (Phi) is 22.0. The molecule has 23 nitrogen and oxygen atoms in total. The third-order valence-corrected chi connectivity index (χ3v) is 13.6. The van der Waals surface area contributed by atoms with Gasteiger partial charge in [0.15, 0.2) is 0 Å². The zero-order valence-electron chi connectivity index (χ0n) is 37.8. The van der Waals surface area contributed by atoms with Crippen LogP contribution in [-0.4, -0.2) is 147 Å². The summed E-state index contributed by atoms with van der Waals surface area (Å²) in [7, 11) is 2.04. The first-order chi connectivity index (χ1) is 32.9. The molecule has 376 valence electrons. The Balaban J connectivity index is 1.72. The van der Waals surface area contributed by atoms with Crippen LogP contribution in [0.15, 0.2) is 54.6 Å². The van der Waals surface area contributed by atoms with E-state index < -0.39 is 127 Å². The summed E-state index contributed by atoms with van der Waals surface area (Å²) in [6.07, 6.45) is -0.377. The number of benzene rings is 2. The number of aliphatic carboxylic acids is 1. The van der Waals surface area contributed by atoms with Crippen LogP contribution >= 0.6 is 21.6 Å². The molecule has 0 bridgehead atoms. The number of aromatic hydroxyl groups is 1. The van der Waals surface area contributed by atoms with Gasteiger partial charge in [-0.05, 0) is 68.3 Å². The van der Waals surface area contributed by atoms with Crippen molar-refractivity contribution < 1.29 is 58.2 Å². The van der Waals surface area contributed by atoms with Crippen molar-refractivity contribution >= 4 is 80.7 Å². The van der Waals surface area contributed by atoms with E-state index in [1.165, 1.54) is 29.2 Å². The Bertz CT molecular complexity index is 2160. The van der Waals surface area contributed by atoms with Crippen LogP contribution in [0.2, 0.25) is 0 Å². The monoisotopic (exact) mass is 999 g/mol. The minimum Gasteiger partial charge on any atom is -0.508 e. The van der Waals surface area contributed by atoms with E-state index in [4.69, 9.17) is 22.9 Å². The topological polar surface area (TPSA) is 391 Å².